The van der Waals surface area contributed by atoms with E-state index in [-0.39, 0.29) is 11.7 Å². The van der Waals surface area contributed by atoms with Gasteiger partial charge in [-0.3, -0.25) is 0 Å². The molecule has 0 aliphatic heterocycles. The highest BCUT2D eigenvalue weighted by molar-refractivity contribution is 5.87. The summed E-state index contributed by atoms with van der Waals surface area (Å²) in [6.45, 7) is 2.76. The van der Waals surface area contributed by atoms with E-state index >= 15 is 0 Å². The zero-order chi connectivity index (χ0) is 26.8. The molecule has 1 N–H and O–H groups in total. The first-order chi connectivity index (χ1) is 18.2. The number of benzene rings is 1. The summed E-state index contributed by atoms with van der Waals surface area (Å²) in [5.41, 5.74) is 0.778. The van der Waals surface area contributed by atoms with Crippen molar-refractivity contribution >= 4 is 12.0 Å². The Morgan fingerprint density at radius 2 is 1.14 bits per heavy atom. The lowest BCUT2D eigenvalue weighted by Crippen LogP contribution is -2.02. The summed E-state index contributed by atoms with van der Waals surface area (Å²) in [4.78, 5) is 11.9. The molecular weight excluding hydrogens is 460 g/mol. The van der Waals surface area contributed by atoms with Crippen molar-refractivity contribution in [1.82, 2.24) is 0 Å². The second-order valence-corrected chi connectivity index (χ2v) is 10.5. The van der Waals surface area contributed by atoms with E-state index in [4.69, 9.17) is 9.47 Å². The normalized spacial score (nSPS) is 11.3. The van der Waals surface area contributed by atoms with Crippen LogP contribution in [-0.2, 0) is 9.53 Å². The fourth-order valence-corrected chi connectivity index (χ4v) is 4.72. The first kappa shape index (κ1) is 33.1. The molecule has 0 aromatic heterocycles. The Kier molecular flexibility index (Phi) is 21.8. The van der Waals surface area contributed by atoms with Crippen LogP contribution in [0.4, 0.5) is 0 Å². The highest BCUT2D eigenvalue weighted by atomic mass is 16.5. The van der Waals surface area contributed by atoms with Crippen molar-refractivity contribution in [2.24, 2.45) is 0 Å². The number of hydrogen-bond donors (Lipinski definition) is 1. The van der Waals surface area contributed by atoms with Gasteiger partial charge in [-0.2, -0.15) is 0 Å². The second-order valence-electron chi connectivity index (χ2n) is 10.5. The van der Waals surface area contributed by atoms with E-state index in [9.17, 15) is 9.90 Å². The maximum absolute atomic E-state index is 11.9. The standard InChI is InChI=1S/C33H56O4/c1-3-4-5-6-7-8-9-10-11-12-13-14-15-16-17-18-19-20-21-22-23-28-37-33(35)27-25-30-24-26-31(34)32(29-30)36-2/h24-27,29,34H,3-23,28H2,1-2H3/b27-25+. The molecule has 0 atom stereocenters. The molecule has 1 aromatic rings. The van der Waals surface area contributed by atoms with Crippen molar-refractivity contribution in [1.29, 1.82) is 0 Å². The predicted molar refractivity (Wildman–Crippen MR) is 157 cm³/mol. The van der Waals surface area contributed by atoms with Crippen molar-refractivity contribution in [3.63, 3.8) is 0 Å². The molecule has 0 unspecified atom stereocenters. The van der Waals surface area contributed by atoms with Gasteiger partial charge in [0.25, 0.3) is 0 Å². The van der Waals surface area contributed by atoms with Gasteiger partial charge in [0.2, 0.25) is 0 Å². The van der Waals surface area contributed by atoms with E-state index in [1.54, 1.807) is 24.3 Å². The largest absolute Gasteiger partial charge is 0.504 e. The van der Waals surface area contributed by atoms with E-state index in [1.165, 1.54) is 135 Å². The lowest BCUT2D eigenvalue weighted by molar-refractivity contribution is -0.137. The first-order valence-electron chi connectivity index (χ1n) is 15.4. The molecule has 0 saturated carbocycles. The molecule has 0 radical (unpaired) electrons. The molecule has 0 bridgehead atoms. The van der Waals surface area contributed by atoms with Gasteiger partial charge in [-0.15, -0.1) is 0 Å². The molecule has 0 aliphatic rings. The minimum absolute atomic E-state index is 0.0806. The number of aromatic hydroxyl groups is 1. The average Bonchev–Trinajstić information content (AvgIpc) is 2.91. The van der Waals surface area contributed by atoms with Gasteiger partial charge in [0.05, 0.1) is 13.7 Å². The number of esters is 1. The molecule has 0 saturated heterocycles. The average molecular weight is 517 g/mol. The molecule has 212 valence electrons. The lowest BCUT2D eigenvalue weighted by atomic mass is 10.0. The fourth-order valence-electron chi connectivity index (χ4n) is 4.72. The van der Waals surface area contributed by atoms with E-state index < -0.39 is 0 Å². The first-order valence-corrected chi connectivity index (χ1v) is 15.4. The Hall–Kier alpha value is -1.97. The second kappa shape index (κ2) is 24.4. The maximum atomic E-state index is 11.9. The molecule has 1 rings (SSSR count). The van der Waals surface area contributed by atoms with Crippen LogP contribution < -0.4 is 4.74 Å². The number of phenols is 1. The van der Waals surface area contributed by atoms with Crippen LogP contribution in [0.5, 0.6) is 11.5 Å². The third kappa shape index (κ3) is 19.8. The third-order valence-electron chi connectivity index (χ3n) is 7.11. The van der Waals surface area contributed by atoms with Crippen LogP contribution in [0.3, 0.4) is 0 Å². The number of carbonyl (C=O) groups excluding carboxylic acids is 1. The monoisotopic (exact) mass is 516 g/mol. The number of ether oxygens (including phenoxy) is 2. The third-order valence-corrected chi connectivity index (χ3v) is 7.11. The van der Waals surface area contributed by atoms with Crippen molar-refractivity contribution in [2.75, 3.05) is 13.7 Å². The Bertz CT molecular complexity index is 698. The van der Waals surface area contributed by atoms with E-state index in [0.29, 0.717) is 12.4 Å². The maximum Gasteiger partial charge on any atom is 0.330 e. The summed E-state index contributed by atoms with van der Waals surface area (Å²) in [6, 6.07) is 4.95. The summed E-state index contributed by atoms with van der Waals surface area (Å²) in [5.74, 6) is 0.132. The number of unbranched alkanes of at least 4 members (excludes halogenated alkanes) is 20. The van der Waals surface area contributed by atoms with Crippen LogP contribution in [0.2, 0.25) is 0 Å². The summed E-state index contributed by atoms with van der Waals surface area (Å²) in [5, 5.41) is 9.61. The van der Waals surface area contributed by atoms with Gasteiger partial charge in [0.15, 0.2) is 11.5 Å². The van der Waals surface area contributed by atoms with Crippen LogP contribution in [0.1, 0.15) is 147 Å². The number of hydrogen-bond acceptors (Lipinski definition) is 4. The fraction of sp³-hybridized carbons (Fsp3) is 0.727. The highest BCUT2D eigenvalue weighted by Crippen LogP contribution is 2.26. The Labute approximate surface area is 228 Å². The van der Waals surface area contributed by atoms with Crippen LogP contribution in [0, 0.1) is 0 Å². The number of methoxy groups -OCH3 is 1. The molecule has 37 heavy (non-hydrogen) atoms. The van der Waals surface area contributed by atoms with Crippen molar-refractivity contribution in [2.45, 2.75) is 142 Å². The highest BCUT2D eigenvalue weighted by Gasteiger charge is 2.02. The summed E-state index contributed by atoms with van der Waals surface area (Å²) >= 11 is 0. The van der Waals surface area contributed by atoms with Crippen LogP contribution in [0.25, 0.3) is 6.08 Å². The van der Waals surface area contributed by atoms with Crippen LogP contribution in [0.15, 0.2) is 24.3 Å². The molecule has 4 nitrogen and oxygen atoms in total. The SMILES string of the molecule is CCCCCCCCCCCCCCCCCCCCCCCOC(=O)/C=C/c1ccc(O)c(OC)c1. The van der Waals surface area contributed by atoms with Gasteiger partial charge in [-0.05, 0) is 30.2 Å². The molecule has 0 fully saturated rings. The zero-order valence-corrected chi connectivity index (χ0v) is 24.1. The molecular formula is C33H56O4. The van der Waals surface area contributed by atoms with Gasteiger partial charge in [0, 0.05) is 6.08 Å². The summed E-state index contributed by atoms with van der Waals surface area (Å²) in [7, 11) is 1.50. The number of phenolic OH excluding ortho intramolecular Hbond substituents is 1. The molecule has 0 amide bonds. The molecule has 0 heterocycles. The molecule has 0 aliphatic carbocycles. The number of carbonyl (C=O) groups is 1. The molecule has 4 heteroatoms. The van der Waals surface area contributed by atoms with Crippen molar-refractivity contribution in [3.05, 3.63) is 29.8 Å². The van der Waals surface area contributed by atoms with Gasteiger partial charge in [0.1, 0.15) is 0 Å². The van der Waals surface area contributed by atoms with Crippen molar-refractivity contribution < 1.29 is 19.4 Å². The van der Waals surface area contributed by atoms with E-state index in [2.05, 4.69) is 6.92 Å². The van der Waals surface area contributed by atoms with E-state index in [1.807, 2.05) is 0 Å². The van der Waals surface area contributed by atoms with Crippen LogP contribution in [-0.4, -0.2) is 24.8 Å². The molecule has 1 aromatic carbocycles. The van der Waals surface area contributed by atoms with Crippen molar-refractivity contribution in [3.8, 4) is 11.5 Å². The molecule has 0 spiro atoms. The number of rotatable bonds is 25. The smallest absolute Gasteiger partial charge is 0.330 e. The lowest BCUT2D eigenvalue weighted by Gasteiger charge is -2.05. The van der Waals surface area contributed by atoms with Gasteiger partial charge in [-0.1, -0.05) is 141 Å². The quantitative estimate of drug-likeness (QED) is 0.0797. The minimum atomic E-state index is -0.333. The zero-order valence-electron chi connectivity index (χ0n) is 24.1. The Balaban J connectivity index is 1.80. The van der Waals surface area contributed by atoms with Gasteiger partial charge < -0.3 is 14.6 Å². The van der Waals surface area contributed by atoms with Gasteiger partial charge >= 0.3 is 5.97 Å². The predicted octanol–water partition coefficient (Wildman–Crippen LogP) is 10.2. The summed E-state index contributed by atoms with van der Waals surface area (Å²) < 4.78 is 10.3. The minimum Gasteiger partial charge on any atom is -0.504 e. The topological polar surface area (TPSA) is 55.8 Å². The van der Waals surface area contributed by atoms with Gasteiger partial charge in [-0.25, -0.2) is 4.79 Å². The Morgan fingerprint density at radius 1 is 0.703 bits per heavy atom. The van der Waals surface area contributed by atoms with E-state index in [0.717, 1.165) is 18.4 Å². The Morgan fingerprint density at radius 3 is 1.57 bits per heavy atom. The summed E-state index contributed by atoms with van der Waals surface area (Å²) in [6.07, 6.45) is 31.7. The van der Waals surface area contributed by atoms with Crippen LogP contribution >= 0.6 is 0 Å².